The van der Waals surface area contributed by atoms with E-state index >= 15 is 0 Å². The first-order chi connectivity index (χ1) is 27.3. The first-order valence-corrected chi connectivity index (χ1v) is 20.2. The molecule has 6 unspecified atom stereocenters. The molecular formula is C39H47N9O8S2. The molecule has 5 heterocycles. The van der Waals surface area contributed by atoms with Gasteiger partial charge in [0, 0.05) is 17.1 Å². The zero-order chi connectivity index (χ0) is 41.7. The summed E-state index contributed by atoms with van der Waals surface area (Å²) in [7, 11) is 0. The number of benzene rings is 2. The number of carbonyl (C=O) groups excluding carboxylic acids is 2. The molecule has 2 fully saturated rings. The molecule has 0 spiro atoms. The number of amides is 2. The van der Waals surface area contributed by atoms with E-state index in [0.717, 1.165) is 37.0 Å². The summed E-state index contributed by atoms with van der Waals surface area (Å²) in [6, 6.07) is 14.2. The van der Waals surface area contributed by atoms with E-state index in [1.807, 2.05) is 55.5 Å². The third-order valence-electron chi connectivity index (χ3n) is 8.93. The topological polar surface area (TPSA) is 216 Å². The Morgan fingerprint density at radius 2 is 1.67 bits per heavy atom. The molecule has 2 saturated heterocycles. The van der Waals surface area contributed by atoms with E-state index in [9.17, 15) is 14.7 Å². The Morgan fingerprint density at radius 1 is 0.983 bits per heavy atom. The zero-order valence-electron chi connectivity index (χ0n) is 33.4. The Balaban J connectivity index is 1.22. The number of aryl methyl sites for hydroxylation is 2. The van der Waals surface area contributed by atoms with Gasteiger partial charge in [0.25, 0.3) is 0 Å². The average Bonchev–Trinajstić information content (AvgIpc) is 3.87. The monoisotopic (exact) mass is 833 g/mol. The van der Waals surface area contributed by atoms with Gasteiger partial charge >= 0.3 is 12.2 Å². The molecule has 6 atom stereocenters. The van der Waals surface area contributed by atoms with E-state index < -0.39 is 60.1 Å². The summed E-state index contributed by atoms with van der Waals surface area (Å²) >= 11 is 2.54. The van der Waals surface area contributed by atoms with Crippen LogP contribution in [0, 0.1) is 13.8 Å². The summed E-state index contributed by atoms with van der Waals surface area (Å²) in [5.74, 6) is 7.65. The molecule has 308 valence electrons. The highest BCUT2D eigenvalue weighted by Gasteiger charge is 2.53. The second-order valence-corrected chi connectivity index (χ2v) is 18.0. The Morgan fingerprint density at radius 3 is 2.34 bits per heavy atom. The number of thiazole rings is 2. The summed E-state index contributed by atoms with van der Waals surface area (Å²) in [5.41, 5.74) is 7.40. The third-order valence-corrected chi connectivity index (χ3v) is 10.7. The van der Waals surface area contributed by atoms with Gasteiger partial charge in [0.1, 0.15) is 53.2 Å². The van der Waals surface area contributed by atoms with Gasteiger partial charge < -0.3 is 39.5 Å². The summed E-state index contributed by atoms with van der Waals surface area (Å²) in [4.78, 5) is 41.1. The lowest BCUT2D eigenvalue weighted by Gasteiger charge is -2.50. The minimum atomic E-state index is -1.35. The van der Waals surface area contributed by atoms with Crippen molar-refractivity contribution in [3.63, 3.8) is 0 Å². The molecule has 5 N–H and O–H groups in total. The second-order valence-electron chi connectivity index (χ2n) is 15.9. The minimum absolute atomic E-state index is 0.0375. The molecule has 7 rings (SSSR count). The first-order valence-electron chi connectivity index (χ1n) is 18.5. The summed E-state index contributed by atoms with van der Waals surface area (Å²) in [5, 5.41) is 20.7. The fourth-order valence-corrected chi connectivity index (χ4v) is 8.25. The first kappa shape index (κ1) is 41.2. The van der Waals surface area contributed by atoms with Crippen molar-refractivity contribution in [2.24, 2.45) is 11.6 Å². The van der Waals surface area contributed by atoms with Crippen molar-refractivity contribution in [2.45, 2.75) is 103 Å². The molecule has 17 nitrogen and oxygen atoms in total. The predicted octanol–water partition coefficient (Wildman–Crippen LogP) is 6.04. The number of rotatable bonds is 7. The van der Waals surface area contributed by atoms with Crippen LogP contribution in [-0.4, -0.2) is 89.2 Å². The van der Waals surface area contributed by atoms with Gasteiger partial charge in [0.15, 0.2) is 12.1 Å². The van der Waals surface area contributed by atoms with Crippen molar-refractivity contribution in [1.29, 1.82) is 0 Å². The van der Waals surface area contributed by atoms with Crippen molar-refractivity contribution in [3.8, 4) is 5.69 Å². The van der Waals surface area contributed by atoms with E-state index in [4.69, 9.17) is 40.2 Å². The van der Waals surface area contributed by atoms with E-state index in [1.165, 1.54) is 11.2 Å². The molecular weight excluding hydrogens is 787 g/mol. The SMILES string of the molecule is Cc1nc(C2OC3COC(c4ccccc4)OC3C(N(N)/C=C(\N)c3csc(N(C(=O)OC(C)(C)C)C(=O)OC(C)(C)C)n3)C2O)n(-c2ccc3nc(C)sc3c2)n1. The Hall–Kier alpha value is -5.02. The van der Waals surface area contributed by atoms with Crippen LogP contribution in [0.2, 0.25) is 0 Å². The van der Waals surface area contributed by atoms with Crippen molar-refractivity contribution in [3.05, 3.63) is 88.0 Å². The Kier molecular flexibility index (Phi) is 11.3. The highest BCUT2D eigenvalue weighted by atomic mass is 32.1. The molecule has 5 aromatic rings. The number of aliphatic hydroxyl groups excluding tert-OH is 1. The summed E-state index contributed by atoms with van der Waals surface area (Å²) in [6.07, 6.45) is -5.24. The molecule has 3 aromatic heterocycles. The van der Waals surface area contributed by atoms with Crippen molar-refractivity contribution in [2.75, 3.05) is 11.5 Å². The van der Waals surface area contributed by atoms with Crippen LogP contribution in [0.1, 0.15) is 81.9 Å². The summed E-state index contributed by atoms with van der Waals surface area (Å²) in [6.45, 7) is 13.9. The number of carbonyl (C=O) groups is 2. The lowest BCUT2D eigenvalue weighted by molar-refractivity contribution is -0.320. The van der Waals surface area contributed by atoms with Gasteiger partial charge in [-0.1, -0.05) is 30.3 Å². The maximum absolute atomic E-state index is 13.3. The van der Waals surface area contributed by atoms with Gasteiger partial charge in [-0.25, -0.2) is 35.1 Å². The lowest BCUT2D eigenvalue weighted by atomic mass is 9.90. The van der Waals surface area contributed by atoms with Gasteiger partial charge in [0.05, 0.1) is 33.2 Å². The van der Waals surface area contributed by atoms with Crippen LogP contribution in [0.4, 0.5) is 14.7 Å². The number of nitrogens with zero attached hydrogens (tertiary/aromatic N) is 7. The van der Waals surface area contributed by atoms with Crippen LogP contribution in [0.5, 0.6) is 0 Å². The molecule has 0 radical (unpaired) electrons. The van der Waals surface area contributed by atoms with Crippen molar-refractivity contribution in [1.82, 2.24) is 29.7 Å². The van der Waals surface area contributed by atoms with E-state index in [2.05, 4.69) is 15.1 Å². The number of fused-ring (bicyclic) bond motifs is 2. The number of aromatic nitrogens is 5. The van der Waals surface area contributed by atoms with Crippen LogP contribution < -0.4 is 16.5 Å². The van der Waals surface area contributed by atoms with Crippen LogP contribution >= 0.6 is 22.7 Å². The number of hydrazine groups is 1. The van der Waals surface area contributed by atoms with Gasteiger partial charge in [-0.3, -0.25) is 0 Å². The number of ether oxygens (including phenoxy) is 5. The number of nitrogens with two attached hydrogens (primary N) is 2. The van der Waals surface area contributed by atoms with Gasteiger partial charge in [-0.15, -0.1) is 22.7 Å². The molecule has 2 aliphatic heterocycles. The minimum Gasteiger partial charge on any atom is -0.443 e. The largest absolute Gasteiger partial charge is 0.443 e. The van der Waals surface area contributed by atoms with Crippen LogP contribution in [0.15, 0.2) is 60.1 Å². The van der Waals surface area contributed by atoms with Gasteiger partial charge in [0.2, 0.25) is 5.13 Å². The maximum Gasteiger partial charge on any atom is 0.426 e. The smallest absolute Gasteiger partial charge is 0.426 e. The molecule has 0 saturated carbocycles. The van der Waals surface area contributed by atoms with E-state index in [1.54, 1.807) is 69.9 Å². The number of hydrogen-bond donors (Lipinski definition) is 3. The standard InChI is InChI=1S/C39H47N9O8S2/c1-20-42-33(48(45-20)23-14-15-25-28(16-23)58-21(2)43-25)32-30(49)29(31-27(53-32)18-52-34(54-31)22-12-10-9-11-13-22)46(41)17-24(40)26-19-57-35(44-26)47(36(50)55-38(3,4)5)37(51)56-39(6,7)8/h9-17,19,27,29-32,34,49H,18,40-41H2,1-8H3/b24-17-. The Bertz CT molecular complexity index is 2290. The average molecular weight is 834 g/mol. The second kappa shape index (κ2) is 16.0. The summed E-state index contributed by atoms with van der Waals surface area (Å²) < 4.78 is 32.9. The van der Waals surface area contributed by atoms with Crippen molar-refractivity contribution < 1.29 is 38.4 Å². The van der Waals surface area contributed by atoms with Crippen LogP contribution in [-0.2, 0) is 23.7 Å². The molecule has 2 amide bonds. The number of anilines is 1. The molecule has 0 aliphatic carbocycles. The normalized spacial score (nSPS) is 22.7. The lowest BCUT2D eigenvalue weighted by Crippen LogP contribution is -2.65. The molecule has 19 heteroatoms. The highest BCUT2D eigenvalue weighted by molar-refractivity contribution is 7.18. The Labute approximate surface area is 343 Å². The van der Waals surface area contributed by atoms with Gasteiger partial charge in [-0.05, 0) is 73.6 Å². The number of imide groups is 1. The van der Waals surface area contributed by atoms with E-state index in [0.29, 0.717) is 17.3 Å². The maximum atomic E-state index is 13.3. The van der Waals surface area contributed by atoms with Gasteiger partial charge in [-0.2, -0.15) is 10.00 Å². The van der Waals surface area contributed by atoms with Crippen LogP contribution in [0.3, 0.4) is 0 Å². The molecule has 2 aliphatic rings. The molecule has 2 aromatic carbocycles. The van der Waals surface area contributed by atoms with E-state index in [-0.39, 0.29) is 23.1 Å². The zero-order valence-corrected chi connectivity index (χ0v) is 35.0. The quantitative estimate of drug-likeness (QED) is 0.126. The fraction of sp³-hybridized carbons (Fsp3) is 0.436. The highest BCUT2D eigenvalue weighted by Crippen LogP contribution is 2.41. The number of aliphatic hydroxyl groups is 1. The van der Waals surface area contributed by atoms with Crippen LogP contribution in [0.25, 0.3) is 21.6 Å². The third kappa shape index (κ3) is 8.85. The molecule has 0 bridgehead atoms. The van der Waals surface area contributed by atoms with Crippen molar-refractivity contribution >= 4 is 55.9 Å². The fourth-order valence-electron chi connectivity index (χ4n) is 6.57. The molecule has 58 heavy (non-hydrogen) atoms. The predicted molar refractivity (Wildman–Crippen MR) is 217 cm³/mol. The number of hydrogen-bond acceptors (Lipinski definition) is 17.